The summed E-state index contributed by atoms with van der Waals surface area (Å²) in [5.74, 6) is -0.126. The highest BCUT2D eigenvalue weighted by atomic mass is 16.5. The number of nitrogens with one attached hydrogen (secondary N) is 2. The Kier molecular flexibility index (Phi) is 5.22. The van der Waals surface area contributed by atoms with Gasteiger partial charge in [0.1, 0.15) is 5.75 Å². The van der Waals surface area contributed by atoms with Gasteiger partial charge in [-0.3, -0.25) is 20.4 Å². The van der Waals surface area contributed by atoms with Crippen molar-refractivity contribution in [3.8, 4) is 5.75 Å². The topological polar surface area (TPSA) is 72.4 Å². The third kappa shape index (κ3) is 3.69. The number of rotatable bonds is 5. The van der Waals surface area contributed by atoms with Crippen LogP contribution in [0.1, 0.15) is 22.8 Å². The maximum atomic E-state index is 12.4. The number of nitrogens with zero attached hydrogens (tertiary/aromatic N) is 1. The van der Waals surface area contributed by atoms with E-state index < -0.39 is 5.91 Å². The number of amides is 2. The molecule has 2 amide bonds. The van der Waals surface area contributed by atoms with Crippen LogP contribution in [0.15, 0.2) is 54.7 Å². The summed E-state index contributed by atoms with van der Waals surface area (Å²) in [6, 6.07) is 15.1. The second kappa shape index (κ2) is 7.74. The quantitative estimate of drug-likeness (QED) is 0.694. The molecule has 3 rings (SSSR count). The molecule has 3 aromatic rings. The molecule has 0 radical (unpaired) electrons. The first-order valence-corrected chi connectivity index (χ1v) is 8.44. The van der Waals surface area contributed by atoms with Crippen LogP contribution < -0.4 is 15.6 Å². The van der Waals surface area contributed by atoms with Crippen LogP contribution in [-0.2, 0) is 18.3 Å². The Morgan fingerprint density at radius 3 is 2.58 bits per heavy atom. The van der Waals surface area contributed by atoms with Crippen LogP contribution in [0.3, 0.4) is 0 Å². The monoisotopic (exact) mass is 351 g/mol. The molecule has 1 heterocycles. The van der Waals surface area contributed by atoms with Crippen molar-refractivity contribution in [3.05, 3.63) is 65.9 Å². The van der Waals surface area contributed by atoms with Gasteiger partial charge < -0.3 is 9.30 Å². The number of carbonyl (C=O) groups is 2. The fraction of sp³-hybridized carbons (Fsp3) is 0.200. The highest BCUT2D eigenvalue weighted by molar-refractivity contribution is 6.07. The lowest BCUT2D eigenvalue weighted by Gasteiger charge is -2.11. The zero-order valence-electron chi connectivity index (χ0n) is 14.8. The Balaban J connectivity index is 1.58. The maximum absolute atomic E-state index is 12.4. The fourth-order valence-corrected chi connectivity index (χ4v) is 2.83. The number of ether oxygens (including phenoxy) is 1. The molecule has 1 aromatic heterocycles. The minimum absolute atomic E-state index is 0.174. The molecule has 0 unspecified atom stereocenters. The van der Waals surface area contributed by atoms with E-state index >= 15 is 0 Å². The largest absolute Gasteiger partial charge is 0.483 e. The zero-order chi connectivity index (χ0) is 18.5. The molecule has 134 valence electrons. The van der Waals surface area contributed by atoms with Gasteiger partial charge in [-0.05, 0) is 24.1 Å². The maximum Gasteiger partial charge on any atom is 0.276 e. The van der Waals surface area contributed by atoms with Gasteiger partial charge in [-0.15, -0.1) is 0 Å². The smallest absolute Gasteiger partial charge is 0.276 e. The van der Waals surface area contributed by atoms with Crippen LogP contribution in [0, 0.1) is 0 Å². The van der Waals surface area contributed by atoms with Crippen LogP contribution in [0.4, 0.5) is 0 Å². The Morgan fingerprint density at radius 2 is 1.77 bits per heavy atom. The lowest BCUT2D eigenvalue weighted by atomic mass is 10.1. The molecule has 26 heavy (non-hydrogen) atoms. The number of hydrazine groups is 1. The average molecular weight is 351 g/mol. The average Bonchev–Trinajstić information content (AvgIpc) is 3.02. The van der Waals surface area contributed by atoms with Crippen molar-refractivity contribution in [1.29, 1.82) is 0 Å². The second-order valence-corrected chi connectivity index (χ2v) is 5.92. The van der Waals surface area contributed by atoms with E-state index in [-0.39, 0.29) is 12.5 Å². The molecule has 0 aliphatic carbocycles. The lowest BCUT2D eigenvalue weighted by Crippen LogP contribution is -2.43. The molecule has 2 N–H and O–H groups in total. The highest BCUT2D eigenvalue weighted by Gasteiger charge is 2.14. The van der Waals surface area contributed by atoms with Gasteiger partial charge in [0.25, 0.3) is 11.8 Å². The van der Waals surface area contributed by atoms with Crippen molar-refractivity contribution < 1.29 is 14.3 Å². The van der Waals surface area contributed by atoms with Crippen molar-refractivity contribution in [3.63, 3.8) is 0 Å². The van der Waals surface area contributed by atoms with Crippen molar-refractivity contribution in [2.45, 2.75) is 13.3 Å². The summed E-state index contributed by atoms with van der Waals surface area (Å²) in [6.07, 6.45) is 2.55. The molecule has 0 fully saturated rings. The molecule has 0 aliphatic rings. The highest BCUT2D eigenvalue weighted by Crippen LogP contribution is 2.20. The summed E-state index contributed by atoms with van der Waals surface area (Å²) in [6.45, 7) is 1.85. The van der Waals surface area contributed by atoms with E-state index in [2.05, 4.69) is 10.9 Å². The Morgan fingerprint density at radius 1 is 1.04 bits per heavy atom. The number of carbonyl (C=O) groups excluding carboxylic acids is 2. The number of hydrogen-bond acceptors (Lipinski definition) is 3. The van der Waals surface area contributed by atoms with Crippen LogP contribution in [0.5, 0.6) is 5.75 Å². The summed E-state index contributed by atoms with van der Waals surface area (Å²) < 4.78 is 7.41. The number of aromatic nitrogens is 1. The summed E-state index contributed by atoms with van der Waals surface area (Å²) in [5.41, 5.74) is 7.30. The predicted octanol–water partition coefficient (Wildman–Crippen LogP) is 2.58. The summed E-state index contributed by atoms with van der Waals surface area (Å²) in [4.78, 5) is 24.3. The number of aryl methyl sites for hydroxylation is 2. The Labute approximate surface area is 151 Å². The van der Waals surface area contributed by atoms with E-state index in [9.17, 15) is 9.59 Å². The molecule has 0 atom stereocenters. The molecule has 0 spiro atoms. The fourth-order valence-electron chi connectivity index (χ4n) is 2.83. The first kappa shape index (κ1) is 17.5. The van der Waals surface area contributed by atoms with E-state index in [0.29, 0.717) is 11.3 Å². The third-order valence-electron chi connectivity index (χ3n) is 4.17. The SMILES string of the molecule is CCc1ccccc1OCC(=O)NNC(=O)c1cn(C)c2ccccc12. The van der Waals surface area contributed by atoms with Gasteiger partial charge in [-0.2, -0.15) is 0 Å². The first-order valence-electron chi connectivity index (χ1n) is 8.44. The summed E-state index contributed by atoms with van der Waals surface area (Å²) >= 11 is 0. The van der Waals surface area contributed by atoms with Gasteiger partial charge in [0.2, 0.25) is 0 Å². The van der Waals surface area contributed by atoms with Gasteiger partial charge in [0.15, 0.2) is 6.61 Å². The molecule has 0 saturated carbocycles. The predicted molar refractivity (Wildman–Crippen MR) is 99.8 cm³/mol. The van der Waals surface area contributed by atoms with E-state index in [1.807, 2.05) is 67.1 Å². The minimum Gasteiger partial charge on any atom is -0.483 e. The molecule has 0 saturated heterocycles. The van der Waals surface area contributed by atoms with Crippen molar-refractivity contribution in [2.24, 2.45) is 7.05 Å². The zero-order valence-corrected chi connectivity index (χ0v) is 14.8. The van der Waals surface area contributed by atoms with E-state index in [1.165, 1.54) is 0 Å². The Bertz CT molecular complexity index is 946. The van der Waals surface area contributed by atoms with Gasteiger partial charge >= 0.3 is 0 Å². The van der Waals surface area contributed by atoms with Crippen LogP contribution in [-0.4, -0.2) is 23.0 Å². The van der Waals surface area contributed by atoms with Crippen molar-refractivity contribution in [1.82, 2.24) is 15.4 Å². The van der Waals surface area contributed by atoms with Gasteiger partial charge in [-0.1, -0.05) is 43.3 Å². The number of benzene rings is 2. The summed E-state index contributed by atoms with van der Waals surface area (Å²) in [5, 5.41) is 0.829. The number of fused-ring (bicyclic) bond motifs is 1. The molecule has 2 aromatic carbocycles. The minimum atomic E-state index is -0.426. The summed E-state index contributed by atoms with van der Waals surface area (Å²) in [7, 11) is 1.87. The number of para-hydroxylation sites is 2. The molecule has 0 aliphatic heterocycles. The van der Waals surface area contributed by atoms with Crippen LogP contribution >= 0.6 is 0 Å². The molecule has 0 bridgehead atoms. The van der Waals surface area contributed by atoms with E-state index in [0.717, 1.165) is 22.9 Å². The van der Waals surface area contributed by atoms with Gasteiger partial charge in [0.05, 0.1) is 5.56 Å². The normalized spacial score (nSPS) is 10.5. The lowest BCUT2D eigenvalue weighted by molar-refractivity contribution is -0.123. The van der Waals surface area contributed by atoms with Crippen LogP contribution in [0.2, 0.25) is 0 Å². The second-order valence-electron chi connectivity index (χ2n) is 5.92. The van der Waals surface area contributed by atoms with Gasteiger partial charge in [0, 0.05) is 24.1 Å². The standard InChI is InChI=1S/C20H21N3O3/c1-3-14-8-4-7-11-18(14)26-13-19(24)21-22-20(25)16-12-23(2)17-10-6-5-9-15(16)17/h4-12H,3,13H2,1-2H3,(H,21,24)(H,22,25). The van der Waals surface area contributed by atoms with E-state index in [4.69, 9.17) is 4.74 Å². The Hall–Kier alpha value is -3.28. The molecular weight excluding hydrogens is 330 g/mol. The first-order chi connectivity index (χ1) is 12.6. The third-order valence-corrected chi connectivity index (χ3v) is 4.17. The molecule has 6 heteroatoms. The molecular formula is C20H21N3O3. The number of hydrogen-bond donors (Lipinski definition) is 2. The van der Waals surface area contributed by atoms with Crippen LogP contribution in [0.25, 0.3) is 10.9 Å². The molecule has 6 nitrogen and oxygen atoms in total. The van der Waals surface area contributed by atoms with Crippen molar-refractivity contribution in [2.75, 3.05) is 6.61 Å². The van der Waals surface area contributed by atoms with Gasteiger partial charge in [-0.25, -0.2) is 0 Å². The van der Waals surface area contributed by atoms with Crippen molar-refractivity contribution >= 4 is 22.7 Å². The van der Waals surface area contributed by atoms with E-state index in [1.54, 1.807) is 6.20 Å².